The van der Waals surface area contributed by atoms with Crippen molar-refractivity contribution in [3.63, 3.8) is 0 Å². The molecule has 3 fully saturated rings. The van der Waals surface area contributed by atoms with Gasteiger partial charge in [-0.2, -0.15) is 10.2 Å². The topological polar surface area (TPSA) is 92.8 Å². The van der Waals surface area contributed by atoms with Crippen molar-refractivity contribution in [2.75, 3.05) is 13.1 Å². The molecular formula is C23H28N6O2. The maximum absolute atomic E-state index is 12.9. The Morgan fingerprint density at radius 2 is 2.06 bits per heavy atom. The second-order valence-corrected chi connectivity index (χ2v) is 9.79. The molecule has 2 aliphatic carbocycles. The van der Waals surface area contributed by atoms with Gasteiger partial charge in [-0.3, -0.25) is 14.6 Å². The summed E-state index contributed by atoms with van der Waals surface area (Å²) in [5, 5.41) is 16.4. The van der Waals surface area contributed by atoms with Crippen molar-refractivity contribution < 1.29 is 9.32 Å². The number of hydrogen-bond donors (Lipinski definition) is 1. The first-order chi connectivity index (χ1) is 15.0. The lowest BCUT2D eigenvalue weighted by Gasteiger charge is -2.18. The molecule has 2 saturated carbocycles. The van der Waals surface area contributed by atoms with Crippen LogP contribution in [0.25, 0.3) is 11.3 Å². The van der Waals surface area contributed by atoms with Crippen molar-refractivity contribution in [1.29, 1.82) is 0 Å². The number of aryl methyl sites for hydroxylation is 1. The van der Waals surface area contributed by atoms with Crippen LogP contribution in [-0.4, -0.2) is 49.0 Å². The molecule has 0 radical (unpaired) electrons. The third kappa shape index (κ3) is 3.20. The second-order valence-electron chi connectivity index (χ2n) is 9.79. The minimum absolute atomic E-state index is 0.0180. The number of aromatic amines is 1. The van der Waals surface area contributed by atoms with E-state index in [4.69, 9.17) is 9.62 Å². The highest BCUT2D eigenvalue weighted by Crippen LogP contribution is 2.59. The van der Waals surface area contributed by atoms with E-state index in [1.165, 1.54) is 12.8 Å². The van der Waals surface area contributed by atoms with E-state index in [1.807, 2.05) is 22.6 Å². The van der Waals surface area contributed by atoms with Crippen LogP contribution in [0.15, 0.2) is 22.9 Å². The Hall–Kier alpha value is -2.90. The van der Waals surface area contributed by atoms with E-state index in [9.17, 15) is 4.79 Å². The Bertz CT molecular complexity index is 1120. The van der Waals surface area contributed by atoms with Gasteiger partial charge in [0.25, 0.3) is 5.91 Å². The van der Waals surface area contributed by atoms with E-state index in [1.54, 1.807) is 0 Å². The molecule has 0 bridgehead atoms. The van der Waals surface area contributed by atoms with Gasteiger partial charge < -0.3 is 9.42 Å². The normalized spacial score (nSPS) is 24.8. The first-order valence-corrected chi connectivity index (χ1v) is 11.3. The number of amides is 1. The number of carbonyl (C=O) groups is 1. The van der Waals surface area contributed by atoms with Crippen molar-refractivity contribution >= 4 is 5.91 Å². The van der Waals surface area contributed by atoms with Gasteiger partial charge in [0.15, 0.2) is 0 Å². The summed E-state index contributed by atoms with van der Waals surface area (Å²) in [6.45, 7) is 8.63. The average Bonchev–Trinajstić information content (AvgIpc) is 3.34. The number of nitrogens with one attached hydrogen (secondary N) is 1. The summed E-state index contributed by atoms with van der Waals surface area (Å²) in [7, 11) is 0. The lowest BCUT2D eigenvalue weighted by Crippen LogP contribution is -2.31. The van der Waals surface area contributed by atoms with E-state index in [-0.39, 0.29) is 5.91 Å². The molecule has 6 rings (SSSR count). The molecule has 8 heteroatoms. The SMILES string of the molecule is Cc1onc(C2C3CN(C(=O)c4cc(C(C)C)[nH]n4)CC32)c1-c1ccn(CC2CC2)n1. The van der Waals surface area contributed by atoms with Crippen LogP contribution in [0.2, 0.25) is 0 Å². The molecular weight excluding hydrogens is 392 g/mol. The summed E-state index contributed by atoms with van der Waals surface area (Å²) in [5.74, 6) is 3.16. The number of piperidine rings is 1. The molecule has 2 atom stereocenters. The van der Waals surface area contributed by atoms with Crippen LogP contribution in [0.5, 0.6) is 0 Å². The van der Waals surface area contributed by atoms with Gasteiger partial charge in [0.1, 0.15) is 11.5 Å². The molecule has 1 aliphatic heterocycles. The Kier molecular flexibility index (Phi) is 4.13. The Morgan fingerprint density at radius 1 is 1.29 bits per heavy atom. The van der Waals surface area contributed by atoms with Gasteiger partial charge in [0.2, 0.25) is 0 Å². The van der Waals surface area contributed by atoms with Crippen LogP contribution in [0.3, 0.4) is 0 Å². The van der Waals surface area contributed by atoms with Gasteiger partial charge in [-0.25, -0.2) is 0 Å². The van der Waals surface area contributed by atoms with Crippen LogP contribution in [0.4, 0.5) is 0 Å². The highest BCUT2D eigenvalue weighted by Gasteiger charge is 2.59. The largest absolute Gasteiger partial charge is 0.361 e. The van der Waals surface area contributed by atoms with Crippen molar-refractivity contribution in [1.82, 2.24) is 30.0 Å². The predicted molar refractivity (Wildman–Crippen MR) is 113 cm³/mol. The number of fused-ring (bicyclic) bond motifs is 1. The molecule has 4 heterocycles. The molecule has 0 aromatic carbocycles. The monoisotopic (exact) mass is 420 g/mol. The number of H-pyrrole nitrogens is 1. The van der Waals surface area contributed by atoms with Gasteiger partial charge in [0, 0.05) is 37.4 Å². The number of nitrogens with zero attached hydrogens (tertiary/aromatic N) is 5. The fraction of sp³-hybridized carbons (Fsp3) is 0.565. The summed E-state index contributed by atoms with van der Waals surface area (Å²) in [6.07, 6.45) is 4.68. The Balaban J connectivity index is 1.16. The standard InChI is InChI=1S/C23H28N6O2/c1-12(2)18-8-19(25-24-18)23(30)28-10-15-16(11-28)21(15)22-20(13(3)31-27-22)17-6-7-29(26-17)9-14-4-5-14/h6-8,12,14-16,21H,4-5,9-11H2,1-3H3,(H,24,25). The smallest absolute Gasteiger partial charge is 0.274 e. The van der Waals surface area contributed by atoms with Crippen molar-refractivity contribution in [3.05, 3.63) is 41.2 Å². The first-order valence-electron chi connectivity index (χ1n) is 11.3. The van der Waals surface area contributed by atoms with Crippen molar-refractivity contribution in [2.45, 2.75) is 52.0 Å². The predicted octanol–water partition coefficient (Wildman–Crippen LogP) is 3.59. The van der Waals surface area contributed by atoms with Gasteiger partial charge in [-0.1, -0.05) is 19.0 Å². The second kappa shape index (κ2) is 6.80. The molecule has 31 heavy (non-hydrogen) atoms. The molecule has 0 spiro atoms. The van der Waals surface area contributed by atoms with Crippen LogP contribution < -0.4 is 0 Å². The Labute approximate surface area is 181 Å². The Morgan fingerprint density at radius 3 is 2.74 bits per heavy atom. The van der Waals surface area contributed by atoms with E-state index in [2.05, 4.69) is 41.5 Å². The molecule has 1 N–H and O–H groups in total. The van der Waals surface area contributed by atoms with E-state index >= 15 is 0 Å². The molecule has 162 valence electrons. The van der Waals surface area contributed by atoms with Crippen molar-refractivity contribution in [3.8, 4) is 11.3 Å². The van der Waals surface area contributed by atoms with Crippen LogP contribution >= 0.6 is 0 Å². The maximum atomic E-state index is 12.9. The van der Waals surface area contributed by atoms with Crippen LogP contribution in [-0.2, 0) is 6.54 Å². The zero-order chi connectivity index (χ0) is 21.3. The van der Waals surface area contributed by atoms with Gasteiger partial charge in [-0.05, 0) is 55.6 Å². The molecule has 3 aromatic heterocycles. The fourth-order valence-corrected chi connectivity index (χ4v) is 5.09. The lowest BCUT2D eigenvalue weighted by molar-refractivity contribution is 0.0766. The quantitative estimate of drug-likeness (QED) is 0.658. The van der Waals surface area contributed by atoms with Crippen molar-refractivity contribution in [2.24, 2.45) is 17.8 Å². The summed E-state index contributed by atoms with van der Waals surface area (Å²) < 4.78 is 7.64. The maximum Gasteiger partial charge on any atom is 0.274 e. The van der Waals surface area contributed by atoms with E-state index in [0.29, 0.717) is 29.4 Å². The zero-order valence-electron chi connectivity index (χ0n) is 18.2. The molecule has 8 nitrogen and oxygen atoms in total. The zero-order valence-corrected chi connectivity index (χ0v) is 18.2. The molecule has 2 unspecified atom stereocenters. The molecule has 3 aromatic rings. The third-order valence-electron chi connectivity index (χ3n) is 7.16. The summed E-state index contributed by atoms with van der Waals surface area (Å²) in [5.41, 5.74) is 4.51. The highest BCUT2D eigenvalue weighted by atomic mass is 16.5. The summed E-state index contributed by atoms with van der Waals surface area (Å²) in [6, 6.07) is 3.95. The molecule has 1 amide bonds. The number of hydrogen-bond acceptors (Lipinski definition) is 5. The van der Waals surface area contributed by atoms with E-state index in [0.717, 1.165) is 54.0 Å². The van der Waals surface area contributed by atoms with Gasteiger partial charge in [0.05, 0.1) is 17.0 Å². The van der Waals surface area contributed by atoms with Gasteiger partial charge >= 0.3 is 0 Å². The average molecular weight is 421 g/mol. The molecule has 3 aliphatic rings. The number of likely N-dealkylation sites (tertiary alicyclic amines) is 1. The number of carbonyl (C=O) groups excluding carboxylic acids is 1. The number of rotatable bonds is 6. The number of aromatic nitrogens is 5. The minimum atomic E-state index is 0.0180. The minimum Gasteiger partial charge on any atom is -0.361 e. The van der Waals surface area contributed by atoms with Gasteiger partial charge in [-0.15, -0.1) is 0 Å². The third-order valence-corrected chi connectivity index (χ3v) is 7.16. The first kappa shape index (κ1) is 18.8. The lowest BCUT2D eigenvalue weighted by atomic mass is 10.0. The van der Waals surface area contributed by atoms with Crippen LogP contribution in [0, 0.1) is 24.7 Å². The molecule has 1 saturated heterocycles. The van der Waals surface area contributed by atoms with Crippen LogP contribution in [0.1, 0.15) is 66.2 Å². The van der Waals surface area contributed by atoms with E-state index < -0.39 is 0 Å². The summed E-state index contributed by atoms with van der Waals surface area (Å²) in [4.78, 5) is 14.8. The highest BCUT2D eigenvalue weighted by molar-refractivity contribution is 5.92. The summed E-state index contributed by atoms with van der Waals surface area (Å²) >= 11 is 0. The fourth-order valence-electron chi connectivity index (χ4n) is 5.09.